The summed E-state index contributed by atoms with van der Waals surface area (Å²) < 4.78 is 0. The number of benzene rings is 1. The zero-order chi connectivity index (χ0) is 17.4. The third-order valence-corrected chi connectivity index (χ3v) is 4.82. The first-order chi connectivity index (χ1) is 11.4. The molecule has 0 aliphatic carbocycles. The molecule has 2 aromatic rings. The largest absolute Gasteiger partial charge is 0.480 e. The van der Waals surface area contributed by atoms with Crippen molar-refractivity contribution in [3.63, 3.8) is 0 Å². The van der Waals surface area contributed by atoms with E-state index < -0.39 is 12.0 Å². The molecule has 5 nitrogen and oxygen atoms in total. The van der Waals surface area contributed by atoms with E-state index >= 15 is 0 Å². The lowest BCUT2D eigenvalue weighted by atomic mass is 9.87. The third kappa shape index (κ3) is 2.68. The molecule has 1 aromatic carbocycles. The maximum Gasteiger partial charge on any atom is 0.326 e. The maximum absolute atomic E-state index is 12.5. The summed E-state index contributed by atoms with van der Waals surface area (Å²) in [7, 11) is 0. The Morgan fingerprint density at radius 1 is 1.33 bits per heavy atom. The molecule has 1 aromatic heterocycles. The van der Waals surface area contributed by atoms with Crippen molar-refractivity contribution in [3.05, 3.63) is 35.5 Å². The molecule has 0 spiro atoms. The summed E-state index contributed by atoms with van der Waals surface area (Å²) >= 11 is 0. The predicted octanol–water partition coefficient (Wildman–Crippen LogP) is 3.50. The molecule has 128 valence electrons. The number of nitrogens with zero attached hydrogens (tertiary/aromatic N) is 1. The summed E-state index contributed by atoms with van der Waals surface area (Å²) in [4.78, 5) is 29.5. The normalized spacial score (nSPS) is 20.4. The van der Waals surface area contributed by atoms with Crippen LogP contribution in [0.15, 0.2) is 24.3 Å². The van der Waals surface area contributed by atoms with Crippen LogP contribution in [0.2, 0.25) is 0 Å². The van der Waals surface area contributed by atoms with Gasteiger partial charge in [0.15, 0.2) is 0 Å². The molecule has 0 fully saturated rings. The lowest BCUT2D eigenvalue weighted by molar-refractivity contribution is -0.153. The van der Waals surface area contributed by atoms with Crippen molar-refractivity contribution < 1.29 is 14.7 Å². The highest BCUT2D eigenvalue weighted by Gasteiger charge is 2.42. The number of H-pyrrole nitrogens is 1. The summed E-state index contributed by atoms with van der Waals surface area (Å²) in [5, 5.41) is 10.8. The first-order valence-electron chi connectivity index (χ1n) is 8.57. The van der Waals surface area contributed by atoms with E-state index in [2.05, 4.69) is 18.8 Å². The second-order valence-corrected chi connectivity index (χ2v) is 6.92. The van der Waals surface area contributed by atoms with Crippen molar-refractivity contribution in [2.75, 3.05) is 0 Å². The summed E-state index contributed by atoms with van der Waals surface area (Å²) in [6.07, 6.45) is 1.41. The fourth-order valence-electron chi connectivity index (χ4n) is 3.79. The van der Waals surface area contributed by atoms with Crippen molar-refractivity contribution in [1.82, 2.24) is 9.88 Å². The number of rotatable bonds is 4. The Bertz CT molecular complexity index is 778. The minimum Gasteiger partial charge on any atom is -0.480 e. The Morgan fingerprint density at radius 3 is 2.67 bits per heavy atom. The van der Waals surface area contributed by atoms with Crippen LogP contribution in [0.4, 0.5) is 0 Å². The molecule has 1 aliphatic rings. The Labute approximate surface area is 141 Å². The minimum absolute atomic E-state index is 0.0997. The van der Waals surface area contributed by atoms with Gasteiger partial charge in [0, 0.05) is 29.4 Å². The van der Waals surface area contributed by atoms with E-state index in [1.807, 2.05) is 24.3 Å². The number of carboxylic acids is 1. The van der Waals surface area contributed by atoms with Gasteiger partial charge in [0.05, 0.1) is 6.04 Å². The van der Waals surface area contributed by atoms with Crippen molar-refractivity contribution in [2.45, 2.75) is 52.1 Å². The van der Waals surface area contributed by atoms with E-state index in [0.717, 1.165) is 28.6 Å². The fraction of sp³-hybridized carbons (Fsp3) is 0.474. The number of para-hydroxylation sites is 1. The van der Waals surface area contributed by atoms with E-state index in [1.165, 1.54) is 0 Å². The second-order valence-electron chi connectivity index (χ2n) is 6.92. The molecule has 1 amide bonds. The van der Waals surface area contributed by atoms with E-state index in [9.17, 15) is 14.7 Å². The molecule has 0 saturated carbocycles. The van der Waals surface area contributed by atoms with Gasteiger partial charge in [-0.15, -0.1) is 0 Å². The number of carbonyl (C=O) groups is 2. The molecule has 24 heavy (non-hydrogen) atoms. The minimum atomic E-state index is -0.929. The monoisotopic (exact) mass is 328 g/mol. The molecule has 2 N–H and O–H groups in total. The molecule has 2 atom stereocenters. The predicted molar refractivity (Wildman–Crippen MR) is 92.8 cm³/mol. The number of amides is 1. The van der Waals surface area contributed by atoms with Gasteiger partial charge < -0.3 is 15.0 Å². The van der Waals surface area contributed by atoms with E-state index in [1.54, 1.807) is 11.8 Å². The highest BCUT2D eigenvalue weighted by molar-refractivity contribution is 5.89. The topological polar surface area (TPSA) is 73.4 Å². The standard InChI is InChI=1S/C19H24N2O3/c1-4-17(22)21-15(9-11(2)3)18-13(10-16(21)19(23)24)12-7-5-6-8-14(12)20-18/h5-8,11,15-16,20H,4,9-10H2,1-3H3,(H,23,24)/t15-,16+/m0/s1. The molecule has 0 bridgehead atoms. The van der Waals surface area contributed by atoms with Gasteiger partial charge in [0.1, 0.15) is 6.04 Å². The highest BCUT2D eigenvalue weighted by Crippen LogP contribution is 2.40. The van der Waals surface area contributed by atoms with Crippen molar-refractivity contribution >= 4 is 22.8 Å². The first kappa shape index (κ1) is 16.6. The molecule has 3 rings (SSSR count). The molecular weight excluding hydrogens is 304 g/mol. The van der Waals surface area contributed by atoms with Crippen LogP contribution in [0.25, 0.3) is 10.9 Å². The number of aromatic amines is 1. The van der Waals surface area contributed by atoms with Crippen LogP contribution in [0.3, 0.4) is 0 Å². The molecule has 0 saturated heterocycles. The summed E-state index contributed by atoms with van der Waals surface area (Å²) in [5.74, 6) is -0.673. The van der Waals surface area contributed by atoms with Gasteiger partial charge in [-0.1, -0.05) is 39.0 Å². The van der Waals surface area contributed by atoms with Gasteiger partial charge in [-0.3, -0.25) is 4.79 Å². The molecule has 0 radical (unpaired) electrons. The molecule has 0 unspecified atom stereocenters. The average molecular weight is 328 g/mol. The smallest absolute Gasteiger partial charge is 0.326 e. The molecule has 1 aliphatic heterocycles. The van der Waals surface area contributed by atoms with Gasteiger partial charge in [-0.2, -0.15) is 0 Å². The summed E-state index contributed by atoms with van der Waals surface area (Å²) in [6, 6.07) is 6.94. The van der Waals surface area contributed by atoms with Crippen LogP contribution in [0.5, 0.6) is 0 Å². The van der Waals surface area contributed by atoms with Gasteiger partial charge >= 0.3 is 5.97 Å². The lowest BCUT2D eigenvalue weighted by Crippen LogP contribution is -2.51. The first-order valence-corrected chi connectivity index (χ1v) is 8.57. The van der Waals surface area contributed by atoms with Crippen LogP contribution in [-0.4, -0.2) is 32.9 Å². The number of fused-ring (bicyclic) bond motifs is 3. The van der Waals surface area contributed by atoms with E-state index in [0.29, 0.717) is 18.8 Å². The van der Waals surface area contributed by atoms with Crippen LogP contribution in [0, 0.1) is 5.92 Å². The van der Waals surface area contributed by atoms with Gasteiger partial charge in [0.2, 0.25) is 5.91 Å². The van der Waals surface area contributed by atoms with Gasteiger partial charge in [0.25, 0.3) is 0 Å². The lowest BCUT2D eigenvalue weighted by Gasteiger charge is -2.41. The van der Waals surface area contributed by atoms with Gasteiger partial charge in [-0.25, -0.2) is 4.79 Å². The quantitative estimate of drug-likeness (QED) is 0.902. The number of aliphatic carboxylic acids is 1. The Morgan fingerprint density at radius 2 is 2.04 bits per heavy atom. The molecule has 5 heteroatoms. The van der Waals surface area contributed by atoms with E-state index in [-0.39, 0.29) is 11.9 Å². The number of aromatic nitrogens is 1. The Balaban J connectivity index is 2.19. The maximum atomic E-state index is 12.5. The third-order valence-electron chi connectivity index (χ3n) is 4.82. The van der Waals surface area contributed by atoms with Crippen LogP contribution >= 0.6 is 0 Å². The van der Waals surface area contributed by atoms with Crippen LogP contribution in [0.1, 0.15) is 50.9 Å². The fourth-order valence-corrected chi connectivity index (χ4v) is 3.79. The SMILES string of the molecule is CCC(=O)N1[C@@H](C(=O)O)Cc2c([nH]c3ccccc23)[C@@H]1CC(C)C. The van der Waals surface area contributed by atoms with Crippen LogP contribution < -0.4 is 0 Å². The number of hydrogen-bond donors (Lipinski definition) is 2. The van der Waals surface area contributed by atoms with E-state index in [4.69, 9.17) is 0 Å². The number of nitrogens with one attached hydrogen (secondary N) is 1. The van der Waals surface area contributed by atoms with Crippen molar-refractivity contribution in [3.8, 4) is 0 Å². The Kier molecular flexibility index (Phi) is 4.35. The van der Waals surface area contributed by atoms with Gasteiger partial charge in [-0.05, 0) is 24.0 Å². The average Bonchev–Trinajstić information content (AvgIpc) is 2.92. The zero-order valence-corrected chi connectivity index (χ0v) is 14.4. The van der Waals surface area contributed by atoms with Crippen molar-refractivity contribution in [2.24, 2.45) is 5.92 Å². The summed E-state index contributed by atoms with van der Waals surface area (Å²) in [5.41, 5.74) is 3.05. The van der Waals surface area contributed by atoms with Crippen molar-refractivity contribution in [1.29, 1.82) is 0 Å². The molecular formula is C19H24N2O3. The second kappa shape index (κ2) is 6.30. The molecule has 2 heterocycles. The number of carbonyl (C=O) groups excluding carboxylic acids is 1. The number of carboxylic acid groups (broad SMARTS) is 1. The zero-order valence-electron chi connectivity index (χ0n) is 14.4. The Hall–Kier alpha value is -2.30. The summed E-state index contributed by atoms with van der Waals surface area (Å²) in [6.45, 7) is 5.98. The number of hydrogen-bond acceptors (Lipinski definition) is 2. The van der Waals surface area contributed by atoms with Crippen LogP contribution in [-0.2, 0) is 16.0 Å². The highest BCUT2D eigenvalue weighted by atomic mass is 16.4.